The Morgan fingerprint density at radius 2 is 0.250 bits per heavy atom. The molecular weight excluding hydrogens is 864 g/mol. The van der Waals surface area contributed by atoms with Crippen molar-refractivity contribution in [2.75, 3.05) is 0 Å². The first-order valence-corrected chi connectivity index (χ1v) is 2.83. The predicted molar refractivity (Wildman–Crippen MR) is 23.0 cm³/mol. The average molecular weight is 864 g/mol. The van der Waals surface area contributed by atoms with Crippen molar-refractivity contribution >= 4 is 29.3 Å². The molecule has 20 heteroatoms. The Labute approximate surface area is 243 Å². The van der Waals surface area contributed by atoms with E-state index in [9.17, 15) is 0 Å². The van der Waals surface area contributed by atoms with E-state index in [1.807, 2.05) is 0 Å². The average Bonchev–Trinajstić information content (AvgIpc) is 1.76. The van der Waals surface area contributed by atoms with Crippen LogP contribution in [0.1, 0.15) is 0 Å². The molecule has 0 amide bonds. The van der Waals surface area contributed by atoms with Crippen LogP contribution in [-0.4, -0.2) is 29.3 Å². The maximum atomic E-state index is 8.42. The normalized spacial score (nSPS) is 5.40. The van der Waals surface area contributed by atoms with E-state index >= 15 is 0 Å². The molecule has 4 radical (unpaired) electrons. The van der Waals surface area contributed by atoms with Gasteiger partial charge in [-0.2, -0.15) is 0 Å². The second kappa shape index (κ2) is 44.0. The van der Waals surface area contributed by atoms with Gasteiger partial charge < -0.3 is 60.3 Å². The van der Waals surface area contributed by atoms with E-state index in [4.69, 9.17) is 60.3 Å². The third-order valence-corrected chi connectivity index (χ3v) is 0. The monoisotopic (exact) mass is 868 g/mol. The number of rotatable bonds is 0. The predicted octanol–water partition coefficient (Wildman–Crippen LogP) is -15.8. The van der Waals surface area contributed by atoms with Crippen LogP contribution in [0, 0.1) is 160 Å². The molecule has 0 heterocycles. The molecule has 0 unspecified atom stereocenters. The summed E-state index contributed by atoms with van der Waals surface area (Å²) in [6, 6.07) is 0. The van der Waals surface area contributed by atoms with Gasteiger partial charge in [-0.3, -0.25) is 29.3 Å². The second-order valence-corrected chi connectivity index (χ2v) is 1.15. The first kappa shape index (κ1) is 49.8. The van der Waals surface area contributed by atoms with Crippen molar-refractivity contribution in [3.05, 3.63) is 0 Å². The molecule has 0 aliphatic rings. The van der Waals surface area contributed by atoms with Crippen LogP contribution in [0.25, 0.3) is 0 Å². The van der Waals surface area contributed by atoms with E-state index in [0.717, 1.165) is 0 Å². The molecule has 0 spiro atoms. The summed E-state index contributed by atoms with van der Waals surface area (Å²) >= 11 is 0. The van der Waals surface area contributed by atoms with Crippen molar-refractivity contribution in [1.29, 1.82) is 0 Å². The molecule has 0 rings (SSSR count). The molecule has 0 aromatic rings. The summed E-state index contributed by atoms with van der Waals surface area (Å²) in [5, 5.41) is 101. The summed E-state index contributed by atoms with van der Waals surface area (Å²) in [5.41, 5.74) is 0. The topological polar surface area (TPSA) is 277 Å². The fourth-order valence-corrected chi connectivity index (χ4v) is 0. The van der Waals surface area contributed by atoms with Gasteiger partial charge in [0.25, 0.3) is 0 Å². The molecule has 0 aliphatic heterocycles. The molecule has 0 aromatic carbocycles. The van der Waals surface area contributed by atoms with Crippen LogP contribution in [-0.2, 0) is 0 Å². The zero-order valence-electron chi connectivity index (χ0n) is 8.62. The van der Waals surface area contributed by atoms with Gasteiger partial charge in [0.2, 0.25) is 0 Å². The molecule has 116 valence electrons. The van der Waals surface area contributed by atoms with Crippen LogP contribution in [0.3, 0.4) is 0 Å². The molecule has 0 atom stereocenters. The first-order chi connectivity index (χ1) is 6.93. The molecular formula is B4Gd4O12. The molecule has 0 aliphatic carbocycles. The van der Waals surface area contributed by atoms with Crippen molar-refractivity contribution in [2.24, 2.45) is 0 Å². The first-order valence-electron chi connectivity index (χ1n) is 2.83. The molecule has 0 saturated carbocycles. The minimum Gasteiger partial charge on any atom is -0.907 e. The van der Waals surface area contributed by atoms with Crippen LogP contribution < -0.4 is 60.3 Å². The van der Waals surface area contributed by atoms with Gasteiger partial charge in [-0.15, -0.1) is 0 Å². The van der Waals surface area contributed by atoms with Crippen molar-refractivity contribution in [1.82, 2.24) is 0 Å². The molecule has 0 N–H and O–H groups in total. The summed E-state index contributed by atoms with van der Waals surface area (Å²) in [7, 11) is -11.7. The van der Waals surface area contributed by atoms with E-state index in [1.54, 1.807) is 0 Å². The van der Waals surface area contributed by atoms with Gasteiger partial charge in [-0.1, -0.05) is 0 Å². The summed E-state index contributed by atoms with van der Waals surface area (Å²) in [4.78, 5) is 0. The van der Waals surface area contributed by atoms with Gasteiger partial charge in [-0.25, -0.2) is 0 Å². The minimum atomic E-state index is -2.92. The SMILES string of the molecule is [Gd+3].[Gd+3].[Gd+3].[Gd+3].[O-]B([O-])[O-].[O-]B([O-])[O-].[O-]B([O-])[O-].[O-]B([O-])[O-]. The minimum absolute atomic E-state index is 0. The quantitative estimate of drug-likeness (QED) is 0.206. The second-order valence-electron chi connectivity index (χ2n) is 1.15. The molecule has 0 aromatic heterocycles. The fraction of sp³-hybridized carbons (Fsp3) is 0. The Morgan fingerprint density at radius 3 is 0.250 bits per heavy atom. The molecule has 0 fully saturated rings. The van der Waals surface area contributed by atoms with Crippen LogP contribution in [0.15, 0.2) is 0 Å². The molecule has 12 nitrogen and oxygen atoms in total. The third kappa shape index (κ3) is 436. The van der Waals surface area contributed by atoms with Gasteiger partial charge in [0.1, 0.15) is 0 Å². The van der Waals surface area contributed by atoms with Crippen molar-refractivity contribution in [2.45, 2.75) is 0 Å². The van der Waals surface area contributed by atoms with E-state index in [0.29, 0.717) is 0 Å². The van der Waals surface area contributed by atoms with Crippen LogP contribution >= 0.6 is 0 Å². The summed E-state index contributed by atoms with van der Waals surface area (Å²) in [5.74, 6) is 0. The Balaban J connectivity index is -0.0000000150. The number of hydrogen-bond donors (Lipinski definition) is 0. The van der Waals surface area contributed by atoms with Gasteiger partial charge in [0.15, 0.2) is 0 Å². The molecule has 20 heavy (non-hydrogen) atoms. The Hall–Kier alpha value is 5.08. The van der Waals surface area contributed by atoms with Gasteiger partial charge in [0.05, 0.1) is 0 Å². The standard InChI is InChI=1S/4BO3.4Gd/c4*2-1(3)4;;;;/q4*-3;4*+3. The maximum absolute atomic E-state index is 8.42. The summed E-state index contributed by atoms with van der Waals surface area (Å²) in [6.45, 7) is 0. The zero-order chi connectivity index (χ0) is 14.3. The van der Waals surface area contributed by atoms with Gasteiger partial charge in [-0.05, 0) is 0 Å². The van der Waals surface area contributed by atoms with Crippen molar-refractivity contribution in [3.8, 4) is 0 Å². The molecule has 0 bridgehead atoms. The van der Waals surface area contributed by atoms with Crippen LogP contribution in [0.2, 0.25) is 0 Å². The maximum Gasteiger partial charge on any atom is 3.00 e. The van der Waals surface area contributed by atoms with Crippen LogP contribution in [0.5, 0.6) is 0 Å². The largest absolute Gasteiger partial charge is 3.00 e. The third-order valence-electron chi connectivity index (χ3n) is 0. The number of hydrogen-bond acceptors (Lipinski definition) is 12. The van der Waals surface area contributed by atoms with E-state index < -0.39 is 29.3 Å². The van der Waals surface area contributed by atoms with E-state index in [1.165, 1.54) is 0 Å². The van der Waals surface area contributed by atoms with Gasteiger partial charge >= 0.3 is 160 Å². The van der Waals surface area contributed by atoms with E-state index in [-0.39, 0.29) is 160 Å². The van der Waals surface area contributed by atoms with Gasteiger partial charge in [0, 0.05) is 0 Å². The summed E-state index contributed by atoms with van der Waals surface area (Å²) < 4.78 is 0. The van der Waals surface area contributed by atoms with Crippen LogP contribution in [0.4, 0.5) is 0 Å². The Kier molecular flexibility index (Phi) is 110. The van der Waals surface area contributed by atoms with Crippen molar-refractivity contribution < 1.29 is 220 Å². The Bertz CT molecular complexity index is 70.4. The smallest absolute Gasteiger partial charge is 0.907 e. The van der Waals surface area contributed by atoms with E-state index in [2.05, 4.69) is 0 Å². The zero-order valence-corrected chi connectivity index (χ0v) is 17.7. The summed E-state index contributed by atoms with van der Waals surface area (Å²) in [6.07, 6.45) is 0. The molecule has 0 saturated heterocycles. The fourth-order valence-electron chi connectivity index (χ4n) is 0. The Morgan fingerprint density at radius 1 is 0.250 bits per heavy atom. The van der Waals surface area contributed by atoms with Crippen molar-refractivity contribution in [3.63, 3.8) is 0 Å².